The molecule has 29 heavy (non-hydrogen) atoms. The fraction of sp³-hybridized carbons (Fsp3) is 0.227. The molecule has 2 rings (SSSR count). The van der Waals surface area contributed by atoms with Crippen molar-refractivity contribution in [2.45, 2.75) is 37.3 Å². The van der Waals surface area contributed by atoms with Gasteiger partial charge in [0.05, 0.1) is 5.25 Å². The molecule has 0 saturated carbocycles. The normalized spacial score (nSPS) is 11.8. The van der Waals surface area contributed by atoms with Gasteiger partial charge in [-0.05, 0) is 61.7 Å². The van der Waals surface area contributed by atoms with Crippen molar-refractivity contribution in [1.29, 1.82) is 0 Å². The van der Waals surface area contributed by atoms with E-state index >= 15 is 0 Å². The lowest BCUT2D eigenvalue weighted by atomic mass is 10.1. The van der Waals surface area contributed by atoms with Crippen LogP contribution in [0, 0.1) is 13.8 Å². The van der Waals surface area contributed by atoms with Gasteiger partial charge in [-0.25, -0.2) is 4.79 Å². The molecule has 6 nitrogen and oxygen atoms in total. The van der Waals surface area contributed by atoms with Crippen LogP contribution in [0.4, 0.5) is 11.4 Å². The van der Waals surface area contributed by atoms with Gasteiger partial charge in [-0.1, -0.05) is 19.1 Å². The monoisotopic (exact) mass is 412 g/mol. The van der Waals surface area contributed by atoms with E-state index in [1.54, 1.807) is 18.2 Å². The van der Waals surface area contributed by atoms with Gasteiger partial charge in [0.2, 0.25) is 11.8 Å². The number of rotatable bonds is 8. The first-order chi connectivity index (χ1) is 13.8. The molecule has 0 aromatic heterocycles. The van der Waals surface area contributed by atoms with Gasteiger partial charge < -0.3 is 15.7 Å². The van der Waals surface area contributed by atoms with Crippen molar-refractivity contribution in [2.24, 2.45) is 0 Å². The van der Waals surface area contributed by atoms with Crippen molar-refractivity contribution in [3.8, 4) is 0 Å². The van der Waals surface area contributed by atoms with E-state index in [0.717, 1.165) is 33.9 Å². The van der Waals surface area contributed by atoms with Gasteiger partial charge in [-0.15, -0.1) is 11.8 Å². The molecule has 152 valence electrons. The van der Waals surface area contributed by atoms with Crippen molar-refractivity contribution in [3.05, 3.63) is 65.7 Å². The SMILES string of the molecule is CCC(Sc1cccc(NC(=O)/C=C/C(=O)O)c1)C(=O)Nc1cc(C)cc(C)c1. The molecular weight excluding hydrogens is 388 g/mol. The molecule has 0 aliphatic rings. The van der Waals surface area contributed by atoms with Gasteiger partial charge in [-0.3, -0.25) is 9.59 Å². The number of aryl methyl sites for hydroxylation is 2. The molecule has 1 unspecified atom stereocenters. The van der Waals surface area contributed by atoms with Crippen LogP contribution in [0.2, 0.25) is 0 Å². The quantitative estimate of drug-likeness (QED) is 0.441. The fourth-order valence-corrected chi connectivity index (χ4v) is 3.75. The number of thioether (sulfide) groups is 1. The van der Waals surface area contributed by atoms with Crippen LogP contribution in [-0.2, 0) is 14.4 Å². The minimum absolute atomic E-state index is 0.0821. The third-order valence-corrected chi connectivity index (χ3v) is 5.27. The Morgan fingerprint density at radius 3 is 2.31 bits per heavy atom. The zero-order chi connectivity index (χ0) is 21.4. The lowest BCUT2D eigenvalue weighted by Gasteiger charge is -2.16. The summed E-state index contributed by atoms with van der Waals surface area (Å²) in [6, 6.07) is 13.0. The lowest BCUT2D eigenvalue weighted by molar-refractivity contribution is -0.131. The zero-order valence-corrected chi connectivity index (χ0v) is 17.4. The number of hydrogen-bond donors (Lipinski definition) is 3. The van der Waals surface area contributed by atoms with Crippen LogP contribution in [0.3, 0.4) is 0 Å². The lowest BCUT2D eigenvalue weighted by Crippen LogP contribution is -2.24. The molecule has 2 aromatic rings. The Balaban J connectivity index is 2.05. The molecule has 0 fully saturated rings. The molecule has 0 radical (unpaired) electrons. The maximum absolute atomic E-state index is 12.7. The third kappa shape index (κ3) is 7.46. The topological polar surface area (TPSA) is 95.5 Å². The van der Waals surface area contributed by atoms with Crippen LogP contribution in [-0.4, -0.2) is 28.1 Å². The van der Waals surface area contributed by atoms with Crippen molar-refractivity contribution in [3.63, 3.8) is 0 Å². The second kappa shape index (κ2) is 10.5. The summed E-state index contributed by atoms with van der Waals surface area (Å²) in [4.78, 5) is 35.8. The van der Waals surface area contributed by atoms with Crippen LogP contribution in [0.1, 0.15) is 24.5 Å². The van der Waals surface area contributed by atoms with Crippen molar-refractivity contribution in [2.75, 3.05) is 10.6 Å². The fourth-order valence-electron chi connectivity index (χ4n) is 2.73. The summed E-state index contributed by atoms with van der Waals surface area (Å²) < 4.78 is 0. The molecule has 0 aliphatic carbocycles. The maximum atomic E-state index is 12.7. The van der Waals surface area contributed by atoms with Gasteiger partial charge >= 0.3 is 5.97 Å². The van der Waals surface area contributed by atoms with Gasteiger partial charge in [-0.2, -0.15) is 0 Å². The summed E-state index contributed by atoms with van der Waals surface area (Å²) >= 11 is 1.41. The Bertz CT molecular complexity index is 920. The summed E-state index contributed by atoms with van der Waals surface area (Å²) in [6.07, 6.45) is 2.37. The second-order valence-corrected chi connectivity index (χ2v) is 7.85. The summed E-state index contributed by atoms with van der Waals surface area (Å²) in [5.41, 5.74) is 3.47. The number of carbonyl (C=O) groups is 3. The Morgan fingerprint density at radius 1 is 1.00 bits per heavy atom. The molecule has 7 heteroatoms. The number of amides is 2. The highest BCUT2D eigenvalue weighted by Crippen LogP contribution is 2.28. The second-order valence-electron chi connectivity index (χ2n) is 6.57. The minimum Gasteiger partial charge on any atom is -0.478 e. The number of carbonyl (C=O) groups excluding carboxylic acids is 2. The number of aliphatic carboxylic acids is 1. The van der Waals surface area contributed by atoms with E-state index in [2.05, 4.69) is 10.6 Å². The average molecular weight is 413 g/mol. The van der Waals surface area contributed by atoms with Crippen molar-refractivity contribution < 1.29 is 19.5 Å². The van der Waals surface area contributed by atoms with E-state index in [-0.39, 0.29) is 11.2 Å². The maximum Gasteiger partial charge on any atom is 0.328 e. The van der Waals surface area contributed by atoms with Crippen LogP contribution < -0.4 is 10.6 Å². The van der Waals surface area contributed by atoms with Gasteiger partial charge in [0.1, 0.15) is 0 Å². The molecule has 3 N–H and O–H groups in total. The average Bonchev–Trinajstić information content (AvgIpc) is 2.63. The number of nitrogens with one attached hydrogen (secondary N) is 2. The van der Waals surface area contributed by atoms with E-state index in [1.807, 2.05) is 45.0 Å². The standard InChI is InChI=1S/C22H24N2O4S/c1-4-19(22(28)24-17-11-14(2)10-15(3)12-17)29-18-7-5-6-16(13-18)23-20(25)8-9-21(26)27/h5-13,19H,4H2,1-3H3,(H,23,25)(H,24,28)(H,26,27)/b9-8+. The van der Waals surface area contributed by atoms with E-state index in [1.165, 1.54) is 11.8 Å². The molecular formula is C22H24N2O4S. The molecule has 0 saturated heterocycles. The highest BCUT2D eigenvalue weighted by molar-refractivity contribution is 8.00. The third-order valence-electron chi connectivity index (χ3n) is 3.91. The zero-order valence-electron chi connectivity index (χ0n) is 16.6. The predicted molar refractivity (Wildman–Crippen MR) is 116 cm³/mol. The van der Waals surface area contributed by atoms with E-state index in [0.29, 0.717) is 12.1 Å². The minimum atomic E-state index is -1.19. The summed E-state index contributed by atoms with van der Waals surface area (Å²) in [5, 5.41) is 13.9. The van der Waals surface area contributed by atoms with Crippen LogP contribution in [0.15, 0.2) is 59.5 Å². The van der Waals surface area contributed by atoms with Gasteiger partial charge in [0.15, 0.2) is 0 Å². The molecule has 2 aromatic carbocycles. The van der Waals surface area contributed by atoms with Crippen LogP contribution in [0.5, 0.6) is 0 Å². The molecule has 2 amide bonds. The Kier molecular flexibility index (Phi) is 8.03. The van der Waals surface area contributed by atoms with Gasteiger partial charge in [0, 0.05) is 28.4 Å². The summed E-state index contributed by atoms with van der Waals surface area (Å²) in [6.45, 7) is 5.92. The number of hydrogen-bond acceptors (Lipinski definition) is 4. The van der Waals surface area contributed by atoms with E-state index in [9.17, 15) is 14.4 Å². The number of carboxylic acid groups (broad SMARTS) is 1. The van der Waals surface area contributed by atoms with E-state index in [4.69, 9.17) is 5.11 Å². The predicted octanol–water partition coefficient (Wildman–Crippen LogP) is 4.39. The number of anilines is 2. The number of benzene rings is 2. The first kappa shape index (κ1) is 22.2. The smallest absolute Gasteiger partial charge is 0.328 e. The van der Waals surface area contributed by atoms with Crippen LogP contribution in [0.25, 0.3) is 0 Å². The van der Waals surface area contributed by atoms with E-state index < -0.39 is 11.9 Å². The largest absolute Gasteiger partial charge is 0.478 e. The Hall–Kier alpha value is -3.06. The molecule has 0 spiro atoms. The first-order valence-corrected chi connectivity index (χ1v) is 10.0. The molecule has 0 bridgehead atoms. The summed E-state index contributed by atoms with van der Waals surface area (Å²) in [5.74, 6) is -1.81. The molecule has 0 aliphatic heterocycles. The van der Waals surface area contributed by atoms with Crippen molar-refractivity contribution in [1.82, 2.24) is 0 Å². The number of carboxylic acids is 1. The summed E-state index contributed by atoms with van der Waals surface area (Å²) in [7, 11) is 0. The molecule has 0 heterocycles. The van der Waals surface area contributed by atoms with Gasteiger partial charge in [0.25, 0.3) is 0 Å². The highest BCUT2D eigenvalue weighted by Gasteiger charge is 2.18. The van der Waals surface area contributed by atoms with Crippen LogP contribution >= 0.6 is 11.8 Å². The Morgan fingerprint density at radius 2 is 1.69 bits per heavy atom. The first-order valence-electron chi connectivity index (χ1n) is 9.14. The van der Waals surface area contributed by atoms with Crippen molar-refractivity contribution >= 4 is 40.9 Å². The molecule has 1 atom stereocenters. The highest BCUT2D eigenvalue weighted by atomic mass is 32.2. The Labute approximate surface area is 174 Å².